The van der Waals surface area contributed by atoms with Crippen LogP contribution in [0.25, 0.3) is 0 Å². The molecule has 0 aliphatic carbocycles. The average Bonchev–Trinajstić information content (AvgIpc) is 2.14. The van der Waals surface area contributed by atoms with Crippen LogP contribution >= 0.6 is 0 Å². The maximum absolute atomic E-state index is 5.19. The topological polar surface area (TPSA) is 27.7 Å². The van der Waals surface area contributed by atoms with E-state index in [1.165, 1.54) is 0 Å². The Morgan fingerprint density at radius 3 is 1.92 bits per heavy atom. The van der Waals surface area contributed by atoms with Crippen LogP contribution in [0.2, 0.25) is 0 Å². The van der Waals surface area contributed by atoms with Gasteiger partial charge >= 0.3 is 8.80 Å². The summed E-state index contributed by atoms with van der Waals surface area (Å²) in [5.41, 5.74) is 1.91. The largest absolute Gasteiger partial charge is 0.528 e. The monoisotopic (exact) mass is 190 g/mol. The molecule has 4 heteroatoms. The van der Waals surface area contributed by atoms with Crippen LogP contribution in [0, 0.1) is 0 Å². The fourth-order valence-corrected chi connectivity index (χ4v) is 2.21. The van der Waals surface area contributed by atoms with Crippen molar-refractivity contribution in [3.8, 4) is 0 Å². The van der Waals surface area contributed by atoms with Gasteiger partial charge in [0.05, 0.1) is 0 Å². The number of unbranched alkanes of at least 4 members (excludes halogenated alkanes) is 1. The number of rotatable bonds is 6. The van der Waals surface area contributed by atoms with E-state index in [9.17, 15) is 0 Å². The van der Waals surface area contributed by atoms with Crippen molar-refractivity contribution in [3.05, 3.63) is 11.8 Å². The molecule has 0 amide bonds. The lowest BCUT2D eigenvalue weighted by Gasteiger charge is -2.20. The van der Waals surface area contributed by atoms with Crippen LogP contribution in [0.4, 0.5) is 0 Å². The predicted octanol–water partition coefficient (Wildman–Crippen LogP) is 1.76. The quantitative estimate of drug-likeness (QED) is 0.597. The van der Waals surface area contributed by atoms with Crippen molar-refractivity contribution in [2.45, 2.75) is 19.8 Å². The summed E-state index contributed by atoms with van der Waals surface area (Å²) in [5, 5.41) is 0. The molecule has 0 saturated carbocycles. The van der Waals surface area contributed by atoms with E-state index in [0.717, 1.165) is 12.8 Å². The zero-order valence-electron chi connectivity index (χ0n) is 8.29. The minimum Gasteiger partial charge on any atom is -0.374 e. The zero-order chi connectivity index (χ0) is 9.45. The molecule has 0 fully saturated rings. The van der Waals surface area contributed by atoms with E-state index in [2.05, 4.69) is 6.92 Å². The lowest BCUT2D eigenvalue weighted by atomic mass is 10.3. The van der Waals surface area contributed by atoms with Crippen molar-refractivity contribution in [2.75, 3.05) is 21.3 Å². The van der Waals surface area contributed by atoms with Gasteiger partial charge in [0.2, 0.25) is 0 Å². The van der Waals surface area contributed by atoms with Crippen LogP contribution in [0.5, 0.6) is 0 Å². The number of hydrogen-bond acceptors (Lipinski definition) is 3. The van der Waals surface area contributed by atoms with Crippen molar-refractivity contribution in [1.29, 1.82) is 0 Å². The summed E-state index contributed by atoms with van der Waals surface area (Å²) in [7, 11) is 2.38. The number of allylic oxidation sites excluding steroid dienone is 1. The van der Waals surface area contributed by atoms with Gasteiger partial charge in [0.1, 0.15) is 0 Å². The van der Waals surface area contributed by atoms with E-state index in [-0.39, 0.29) is 0 Å². The van der Waals surface area contributed by atoms with E-state index in [1.807, 2.05) is 11.8 Å². The molecule has 12 heavy (non-hydrogen) atoms. The van der Waals surface area contributed by atoms with Gasteiger partial charge in [-0.3, -0.25) is 0 Å². The molecule has 0 aliphatic heterocycles. The van der Waals surface area contributed by atoms with Crippen molar-refractivity contribution in [2.24, 2.45) is 0 Å². The van der Waals surface area contributed by atoms with Crippen molar-refractivity contribution in [1.82, 2.24) is 0 Å². The molecule has 72 valence electrons. The maximum atomic E-state index is 5.19. The molecule has 0 N–H and O–H groups in total. The van der Waals surface area contributed by atoms with Gasteiger partial charge in [-0.2, -0.15) is 0 Å². The molecule has 3 nitrogen and oxygen atoms in total. The lowest BCUT2D eigenvalue weighted by Crippen LogP contribution is -2.40. The summed E-state index contributed by atoms with van der Waals surface area (Å²) in [4.78, 5) is 0. The van der Waals surface area contributed by atoms with Gasteiger partial charge in [0.25, 0.3) is 0 Å². The molecule has 0 radical (unpaired) electrons. The highest BCUT2D eigenvalue weighted by Gasteiger charge is 2.33. The zero-order valence-corrected chi connectivity index (χ0v) is 9.29. The van der Waals surface area contributed by atoms with E-state index in [1.54, 1.807) is 21.3 Å². The number of hydrogen-bond donors (Lipinski definition) is 0. The average molecular weight is 190 g/mol. The fraction of sp³-hybridized carbons (Fsp3) is 0.750. The van der Waals surface area contributed by atoms with Crippen LogP contribution in [-0.2, 0) is 13.3 Å². The normalized spacial score (nSPS) is 12.7. The molecule has 0 aromatic heterocycles. The Morgan fingerprint density at radius 2 is 1.58 bits per heavy atom. The first-order valence-corrected chi connectivity index (χ1v) is 5.88. The van der Waals surface area contributed by atoms with Gasteiger partial charge in [0.15, 0.2) is 0 Å². The Kier molecular flexibility index (Phi) is 6.28. The molecular formula is C8H18O3Si. The van der Waals surface area contributed by atoms with Crippen molar-refractivity contribution in [3.63, 3.8) is 0 Å². The fourth-order valence-electron chi connectivity index (χ4n) is 0.848. The molecule has 0 heterocycles. The van der Waals surface area contributed by atoms with Crippen molar-refractivity contribution < 1.29 is 13.3 Å². The molecule has 0 aromatic rings. The molecule has 0 atom stereocenters. The van der Waals surface area contributed by atoms with E-state index < -0.39 is 8.80 Å². The third-order valence-electron chi connectivity index (χ3n) is 1.63. The predicted molar refractivity (Wildman–Crippen MR) is 50.8 cm³/mol. The third kappa shape index (κ3) is 3.49. The molecule has 0 spiro atoms. The Hall–Kier alpha value is -0.163. The first kappa shape index (κ1) is 11.8. The molecule has 0 aliphatic rings. The lowest BCUT2D eigenvalue weighted by molar-refractivity contribution is 0.138. The highest BCUT2D eigenvalue weighted by atomic mass is 28.4. The first-order chi connectivity index (χ1) is 5.74. The molecule has 0 aromatic carbocycles. The summed E-state index contributed by atoms with van der Waals surface area (Å²) in [6.07, 6.45) is 4.20. The standard InChI is InChI=1S/C8H18O3Si/c1-5-6-7-8-12(9-2,10-3)11-4/h7-8H,5-6H2,1-4H3/b8-7-. The minimum atomic E-state index is -2.44. The van der Waals surface area contributed by atoms with Gasteiger partial charge in [-0.15, -0.1) is 0 Å². The summed E-state index contributed by atoms with van der Waals surface area (Å²) >= 11 is 0. The minimum absolute atomic E-state index is 1.03. The van der Waals surface area contributed by atoms with E-state index in [4.69, 9.17) is 13.3 Å². The first-order valence-electron chi connectivity index (χ1n) is 4.07. The molecule has 0 bridgehead atoms. The van der Waals surface area contributed by atoms with Crippen LogP contribution < -0.4 is 0 Å². The van der Waals surface area contributed by atoms with E-state index in [0.29, 0.717) is 0 Å². The maximum Gasteiger partial charge on any atom is 0.528 e. The molecule has 0 saturated heterocycles. The molecular weight excluding hydrogens is 172 g/mol. The Bertz CT molecular complexity index is 124. The second-order valence-corrected chi connectivity index (χ2v) is 5.17. The SMILES string of the molecule is CCC/C=C\[Si](OC)(OC)OC. The van der Waals surface area contributed by atoms with E-state index >= 15 is 0 Å². The summed E-state index contributed by atoms with van der Waals surface area (Å²) < 4.78 is 15.6. The second-order valence-electron chi connectivity index (χ2n) is 2.41. The second kappa shape index (κ2) is 6.36. The third-order valence-corrected chi connectivity index (χ3v) is 3.98. The van der Waals surface area contributed by atoms with Crippen LogP contribution in [0.15, 0.2) is 11.8 Å². The summed E-state index contributed by atoms with van der Waals surface area (Å²) in [6, 6.07) is 0. The van der Waals surface area contributed by atoms with Gasteiger partial charge in [-0.05, 0) is 12.1 Å². The smallest absolute Gasteiger partial charge is 0.374 e. The van der Waals surface area contributed by atoms with Crippen molar-refractivity contribution >= 4 is 8.80 Å². The van der Waals surface area contributed by atoms with Crippen LogP contribution in [0.3, 0.4) is 0 Å². The molecule has 0 rings (SSSR count). The van der Waals surface area contributed by atoms with Crippen LogP contribution in [0.1, 0.15) is 19.8 Å². The Labute approximate surface area is 75.7 Å². The Morgan fingerprint density at radius 1 is 1.08 bits per heavy atom. The highest BCUT2D eigenvalue weighted by Crippen LogP contribution is 2.08. The highest BCUT2D eigenvalue weighted by molar-refractivity contribution is 6.66. The van der Waals surface area contributed by atoms with Crippen LogP contribution in [-0.4, -0.2) is 30.1 Å². The summed E-state index contributed by atoms with van der Waals surface area (Å²) in [5.74, 6) is 0. The van der Waals surface area contributed by atoms with Gasteiger partial charge < -0.3 is 13.3 Å². The van der Waals surface area contributed by atoms with Gasteiger partial charge in [-0.25, -0.2) is 0 Å². The Balaban J connectivity index is 4.09. The van der Waals surface area contributed by atoms with Gasteiger partial charge in [-0.1, -0.05) is 19.4 Å². The van der Waals surface area contributed by atoms with Gasteiger partial charge in [0, 0.05) is 21.3 Å². The molecule has 0 unspecified atom stereocenters. The summed E-state index contributed by atoms with van der Waals surface area (Å²) in [6.45, 7) is 2.12.